The molecular weight excluding hydrogens is 274 g/mol. The fourth-order valence-electron chi connectivity index (χ4n) is 1.97. The molecule has 0 aliphatic rings. The second-order valence-corrected chi connectivity index (χ2v) is 5.98. The highest BCUT2D eigenvalue weighted by atomic mass is 35.5. The third-order valence-electron chi connectivity index (χ3n) is 3.00. The summed E-state index contributed by atoms with van der Waals surface area (Å²) < 4.78 is 0. The lowest BCUT2D eigenvalue weighted by atomic mass is 10.1. The summed E-state index contributed by atoms with van der Waals surface area (Å²) >= 11 is 8.09. The van der Waals surface area contributed by atoms with E-state index in [9.17, 15) is 0 Å². The zero-order chi connectivity index (χ0) is 13.5. The van der Waals surface area contributed by atoms with Crippen LogP contribution in [0.5, 0.6) is 0 Å². The first-order valence-electron chi connectivity index (χ1n) is 6.41. The molecule has 2 rings (SSSR count). The zero-order valence-electron chi connectivity index (χ0n) is 10.8. The Labute approximate surface area is 124 Å². The van der Waals surface area contributed by atoms with Crippen LogP contribution in [0, 0.1) is 0 Å². The molecule has 0 bridgehead atoms. The summed E-state index contributed by atoms with van der Waals surface area (Å²) in [6.07, 6.45) is 0.985. The number of hydrogen-bond acceptors (Lipinski definition) is 2. The number of thioether (sulfide) groups is 1. The molecule has 1 unspecified atom stereocenters. The molecule has 0 amide bonds. The first kappa shape index (κ1) is 14.4. The van der Waals surface area contributed by atoms with Crippen molar-refractivity contribution in [3.63, 3.8) is 0 Å². The van der Waals surface area contributed by atoms with E-state index >= 15 is 0 Å². The molecule has 1 nitrogen and oxygen atoms in total. The Morgan fingerprint density at radius 2 is 1.68 bits per heavy atom. The fourth-order valence-corrected chi connectivity index (χ4v) is 3.54. The number of nitrogens with two attached hydrogens (primary N) is 1. The van der Waals surface area contributed by atoms with E-state index in [4.69, 9.17) is 17.3 Å². The Balaban J connectivity index is 2.04. The molecule has 0 aliphatic carbocycles. The van der Waals surface area contributed by atoms with Crippen molar-refractivity contribution in [1.82, 2.24) is 0 Å². The molecule has 100 valence electrons. The second kappa shape index (κ2) is 7.59. The number of benzene rings is 2. The molecule has 2 aromatic carbocycles. The van der Waals surface area contributed by atoms with E-state index in [0.29, 0.717) is 11.8 Å². The van der Waals surface area contributed by atoms with E-state index in [2.05, 4.69) is 30.3 Å². The molecule has 0 radical (unpaired) electrons. The minimum Gasteiger partial charge on any atom is -0.330 e. The van der Waals surface area contributed by atoms with Crippen LogP contribution in [0.2, 0.25) is 5.02 Å². The summed E-state index contributed by atoms with van der Waals surface area (Å²) in [5, 5.41) is 1.28. The number of rotatable bonds is 6. The second-order valence-electron chi connectivity index (χ2n) is 4.38. The van der Waals surface area contributed by atoms with E-state index in [1.165, 1.54) is 11.1 Å². The van der Waals surface area contributed by atoms with E-state index in [1.54, 1.807) is 0 Å². The third-order valence-corrected chi connectivity index (χ3v) is 4.75. The van der Waals surface area contributed by atoms with Gasteiger partial charge in [0.15, 0.2) is 0 Å². The van der Waals surface area contributed by atoms with Gasteiger partial charge in [-0.1, -0.05) is 60.1 Å². The maximum Gasteiger partial charge on any atom is 0.0446 e. The summed E-state index contributed by atoms with van der Waals surface area (Å²) in [4.78, 5) is 0. The van der Waals surface area contributed by atoms with Crippen molar-refractivity contribution in [2.45, 2.75) is 17.4 Å². The molecule has 2 N–H and O–H groups in total. The molecule has 0 aliphatic heterocycles. The van der Waals surface area contributed by atoms with Crippen LogP contribution in [-0.2, 0) is 5.75 Å². The Morgan fingerprint density at radius 1 is 1.00 bits per heavy atom. The molecular formula is C16H18ClNS. The molecule has 0 spiro atoms. The standard InChI is InChI=1S/C16H18ClNS/c17-15-9-5-4-8-14(15)12-19-16(10-11-18)13-6-2-1-3-7-13/h1-9,16H,10-12,18H2. The highest BCUT2D eigenvalue weighted by Gasteiger charge is 2.11. The van der Waals surface area contributed by atoms with Crippen molar-refractivity contribution in [3.8, 4) is 0 Å². The summed E-state index contributed by atoms with van der Waals surface area (Å²) in [5.74, 6) is 0.916. The number of hydrogen-bond donors (Lipinski definition) is 1. The van der Waals surface area contributed by atoms with Crippen molar-refractivity contribution in [2.75, 3.05) is 6.54 Å². The van der Waals surface area contributed by atoms with Crippen LogP contribution >= 0.6 is 23.4 Å². The fraction of sp³-hybridized carbons (Fsp3) is 0.250. The minimum atomic E-state index is 0.433. The molecule has 19 heavy (non-hydrogen) atoms. The van der Waals surface area contributed by atoms with Gasteiger partial charge in [-0.05, 0) is 30.2 Å². The summed E-state index contributed by atoms with van der Waals surface area (Å²) in [5.41, 5.74) is 8.25. The highest BCUT2D eigenvalue weighted by Crippen LogP contribution is 2.35. The van der Waals surface area contributed by atoms with Gasteiger partial charge in [-0.25, -0.2) is 0 Å². The van der Waals surface area contributed by atoms with Crippen LogP contribution in [0.25, 0.3) is 0 Å². The van der Waals surface area contributed by atoms with Gasteiger partial charge in [-0.15, -0.1) is 11.8 Å². The lowest BCUT2D eigenvalue weighted by Gasteiger charge is -2.16. The maximum atomic E-state index is 6.19. The first-order chi connectivity index (χ1) is 9.31. The molecule has 3 heteroatoms. The number of halogens is 1. The van der Waals surface area contributed by atoms with Gasteiger partial charge in [0.05, 0.1) is 0 Å². The summed E-state index contributed by atoms with van der Waals surface area (Å²) in [7, 11) is 0. The van der Waals surface area contributed by atoms with E-state index in [1.807, 2.05) is 36.0 Å². The SMILES string of the molecule is NCCC(SCc1ccccc1Cl)c1ccccc1. The molecule has 0 aromatic heterocycles. The quantitative estimate of drug-likeness (QED) is 0.837. The Bertz CT molecular complexity index is 501. The van der Waals surface area contributed by atoms with Crippen LogP contribution in [0.4, 0.5) is 0 Å². The average Bonchev–Trinajstić information content (AvgIpc) is 2.46. The predicted octanol–water partition coefficient (Wildman–Crippen LogP) is 4.66. The summed E-state index contributed by atoms with van der Waals surface area (Å²) in [6, 6.07) is 18.6. The Kier molecular flexibility index (Phi) is 5.77. The van der Waals surface area contributed by atoms with Gasteiger partial charge in [0.2, 0.25) is 0 Å². The van der Waals surface area contributed by atoms with Crippen molar-refractivity contribution in [1.29, 1.82) is 0 Å². The van der Waals surface area contributed by atoms with E-state index in [0.717, 1.165) is 17.2 Å². The van der Waals surface area contributed by atoms with Crippen molar-refractivity contribution in [2.24, 2.45) is 5.73 Å². The van der Waals surface area contributed by atoms with Crippen LogP contribution in [0.3, 0.4) is 0 Å². The van der Waals surface area contributed by atoms with E-state index < -0.39 is 0 Å². The summed E-state index contributed by atoms with van der Waals surface area (Å²) in [6.45, 7) is 0.703. The van der Waals surface area contributed by atoms with Crippen LogP contribution in [0.1, 0.15) is 22.8 Å². The van der Waals surface area contributed by atoms with Gasteiger partial charge < -0.3 is 5.73 Å². The maximum absolute atomic E-state index is 6.19. The molecule has 0 saturated heterocycles. The average molecular weight is 292 g/mol. The van der Waals surface area contributed by atoms with Crippen LogP contribution < -0.4 is 5.73 Å². The van der Waals surface area contributed by atoms with Crippen LogP contribution in [-0.4, -0.2) is 6.54 Å². The smallest absolute Gasteiger partial charge is 0.0446 e. The van der Waals surface area contributed by atoms with Gasteiger partial charge in [-0.2, -0.15) is 0 Å². The lowest BCUT2D eigenvalue weighted by Crippen LogP contribution is -2.05. The molecule has 1 atom stereocenters. The predicted molar refractivity (Wildman–Crippen MR) is 85.6 cm³/mol. The van der Waals surface area contributed by atoms with Gasteiger partial charge in [0.25, 0.3) is 0 Å². The Hall–Kier alpha value is -0.960. The first-order valence-corrected chi connectivity index (χ1v) is 7.84. The van der Waals surface area contributed by atoms with Crippen LogP contribution in [0.15, 0.2) is 54.6 Å². The van der Waals surface area contributed by atoms with E-state index in [-0.39, 0.29) is 0 Å². The lowest BCUT2D eigenvalue weighted by molar-refractivity contribution is 0.814. The monoisotopic (exact) mass is 291 g/mol. The van der Waals surface area contributed by atoms with Gasteiger partial charge in [0, 0.05) is 16.0 Å². The largest absolute Gasteiger partial charge is 0.330 e. The van der Waals surface area contributed by atoms with Gasteiger partial charge in [-0.3, -0.25) is 0 Å². The molecule has 0 heterocycles. The van der Waals surface area contributed by atoms with Gasteiger partial charge in [0.1, 0.15) is 0 Å². The third kappa shape index (κ3) is 4.27. The molecule has 0 fully saturated rings. The van der Waals surface area contributed by atoms with Crippen molar-refractivity contribution < 1.29 is 0 Å². The zero-order valence-corrected chi connectivity index (χ0v) is 12.3. The minimum absolute atomic E-state index is 0.433. The molecule has 2 aromatic rings. The van der Waals surface area contributed by atoms with Crippen molar-refractivity contribution >= 4 is 23.4 Å². The van der Waals surface area contributed by atoms with Gasteiger partial charge >= 0.3 is 0 Å². The molecule has 0 saturated carbocycles. The Morgan fingerprint density at radius 3 is 2.37 bits per heavy atom. The van der Waals surface area contributed by atoms with Crippen molar-refractivity contribution in [3.05, 3.63) is 70.7 Å². The normalized spacial score (nSPS) is 12.3. The topological polar surface area (TPSA) is 26.0 Å². The highest BCUT2D eigenvalue weighted by molar-refractivity contribution is 7.98.